The summed E-state index contributed by atoms with van der Waals surface area (Å²) in [5.74, 6) is 1.32. The van der Waals surface area contributed by atoms with E-state index in [2.05, 4.69) is 56.2 Å². The molecule has 0 saturated carbocycles. The maximum absolute atomic E-state index is 5.45. The lowest BCUT2D eigenvalue weighted by Crippen LogP contribution is -2.44. The minimum absolute atomic E-state index is 0.175. The molecule has 1 saturated heterocycles. The minimum atomic E-state index is 0.175. The first-order valence-corrected chi connectivity index (χ1v) is 7.99. The summed E-state index contributed by atoms with van der Waals surface area (Å²) >= 11 is 3.56. The Hall–Kier alpha value is -1.24. The van der Waals surface area contributed by atoms with Gasteiger partial charge in [0.2, 0.25) is 0 Å². The van der Waals surface area contributed by atoms with E-state index in [1.165, 1.54) is 5.56 Å². The lowest BCUT2D eigenvalue weighted by Gasteiger charge is -2.30. The number of hydrogen-bond donors (Lipinski definition) is 1. The molecular weight excluding hydrogens is 332 g/mol. The van der Waals surface area contributed by atoms with Crippen LogP contribution in [-0.2, 0) is 0 Å². The van der Waals surface area contributed by atoms with Crippen molar-refractivity contribution in [2.45, 2.75) is 19.9 Å². The fraction of sp³-hybridized carbons (Fsp3) is 0.467. The zero-order valence-electron chi connectivity index (χ0n) is 12.3. The summed E-state index contributed by atoms with van der Waals surface area (Å²) < 4.78 is 6.43. The SMILES string of the molecule is Cc1ccc(-c2nc(C(C)N3CCNCC3)no2)c(Br)c1. The summed E-state index contributed by atoms with van der Waals surface area (Å²) in [5.41, 5.74) is 2.13. The molecule has 1 aromatic heterocycles. The topological polar surface area (TPSA) is 54.2 Å². The Balaban J connectivity index is 1.82. The molecule has 0 aliphatic carbocycles. The smallest absolute Gasteiger partial charge is 0.259 e. The van der Waals surface area contributed by atoms with E-state index < -0.39 is 0 Å². The zero-order chi connectivity index (χ0) is 14.8. The highest BCUT2D eigenvalue weighted by Crippen LogP contribution is 2.29. The van der Waals surface area contributed by atoms with E-state index in [4.69, 9.17) is 4.52 Å². The summed E-state index contributed by atoms with van der Waals surface area (Å²) in [6.07, 6.45) is 0. The van der Waals surface area contributed by atoms with Crippen molar-refractivity contribution in [3.63, 3.8) is 0 Å². The molecule has 1 atom stereocenters. The molecule has 1 N–H and O–H groups in total. The fourth-order valence-electron chi connectivity index (χ4n) is 2.54. The van der Waals surface area contributed by atoms with E-state index in [1.807, 2.05) is 12.1 Å². The van der Waals surface area contributed by atoms with Gasteiger partial charge in [-0.2, -0.15) is 4.98 Å². The standard InChI is InChI=1S/C15H19BrN4O/c1-10-3-4-12(13(16)9-10)15-18-14(19-21-15)11(2)20-7-5-17-6-8-20/h3-4,9,11,17H,5-8H2,1-2H3. The van der Waals surface area contributed by atoms with Gasteiger partial charge in [0, 0.05) is 30.7 Å². The first-order valence-electron chi connectivity index (χ1n) is 7.20. The molecule has 1 unspecified atom stereocenters. The molecule has 5 nitrogen and oxygen atoms in total. The van der Waals surface area contributed by atoms with Crippen LogP contribution in [0.25, 0.3) is 11.5 Å². The van der Waals surface area contributed by atoms with Gasteiger partial charge in [0.25, 0.3) is 5.89 Å². The average molecular weight is 351 g/mol. The third-order valence-electron chi connectivity index (χ3n) is 3.87. The second-order valence-electron chi connectivity index (χ2n) is 5.40. The predicted octanol–water partition coefficient (Wildman–Crippen LogP) is 2.77. The minimum Gasteiger partial charge on any atom is -0.334 e. The molecule has 6 heteroatoms. The van der Waals surface area contributed by atoms with Crippen LogP contribution in [-0.4, -0.2) is 41.2 Å². The van der Waals surface area contributed by atoms with Gasteiger partial charge in [-0.3, -0.25) is 4.90 Å². The normalized spacial score (nSPS) is 17.9. The van der Waals surface area contributed by atoms with Gasteiger partial charge < -0.3 is 9.84 Å². The van der Waals surface area contributed by atoms with E-state index in [0.29, 0.717) is 5.89 Å². The van der Waals surface area contributed by atoms with Gasteiger partial charge in [-0.25, -0.2) is 0 Å². The summed E-state index contributed by atoms with van der Waals surface area (Å²) in [6.45, 7) is 8.24. The number of nitrogens with one attached hydrogen (secondary N) is 1. The summed E-state index contributed by atoms with van der Waals surface area (Å²) in [7, 11) is 0. The van der Waals surface area contributed by atoms with Crippen molar-refractivity contribution in [3.8, 4) is 11.5 Å². The van der Waals surface area contributed by atoms with Crippen LogP contribution in [0.3, 0.4) is 0 Å². The number of halogens is 1. The van der Waals surface area contributed by atoms with Crippen molar-refractivity contribution in [2.75, 3.05) is 26.2 Å². The van der Waals surface area contributed by atoms with E-state index in [0.717, 1.165) is 42.0 Å². The second-order valence-corrected chi connectivity index (χ2v) is 6.26. The lowest BCUT2D eigenvalue weighted by molar-refractivity contribution is 0.176. The number of nitrogens with zero attached hydrogens (tertiary/aromatic N) is 3. The number of aryl methyl sites for hydroxylation is 1. The Bertz CT molecular complexity index is 622. The lowest BCUT2D eigenvalue weighted by atomic mass is 10.1. The molecule has 0 radical (unpaired) electrons. The predicted molar refractivity (Wildman–Crippen MR) is 85.0 cm³/mol. The summed E-state index contributed by atoms with van der Waals surface area (Å²) in [5, 5.41) is 7.51. The third-order valence-corrected chi connectivity index (χ3v) is 4.53. The Labute approximate surface area is 132 Å². The van der Waals surface area contributed by atoms with Gasteiger partial charge in [0.1, 0.15) is 0 Å². The largest absolute Gasteiger partial charge is 0.334 e. The quantitative estimate of drug-likeness (QED) is 0.922. The molecule has 0 spiro atoms. The Morgan fingerprint density at radius 2 is 2.10 bits per heavy atom. The van der Waals surface area contributed by atoms with E-state index in [9.17, 15) is 0 Å². The number of piperazine rings is 1. The molecule has 21 heavy (non-hydrogen) atoms. The van der Waals surface area contributed by atoms with Crippen LogP contribution in [0.2, 0.25) is 0 Å². The van der Waals surface area contributed by atoms with Gasteiger partial charge in [-0.15, -0.1) is 0 Å². The van der Waals surface area contributed by atoms with Gasteiger partial charge in [-0.05, 0) is 47.5 Å². The first-order chi connectivity index (χ1) is 10.1. The molecule has 2 aromatic rings. The number of aromatic nitrogens is 2. The van der Waals surface area contributed by atoms with Crippen molar-refractivity contribution < 1.29 is 4.52 Å². The van der Waals surface area contributed by atoms with Crippen molar-refractivity contribution >= 4 is 15.9 Å². The van der Waals surface area contributed by atoms with E-state index in [1.54, 1.807) is 0 Å². The number of benzene rings is 1. The van der Waals surface area contributed by atoms with Crippen LogP contribution >= 0.6 is 15.9 Å². The van der Waals surface area contributed by atoms with Crippen LogP contribution in [0.1, 0.15) is 24.4 Å². The molecule has 1 fully saturated rings. The monoisotopic (exact) mass is 350 g/mol. The van der Waals surface area contributed by atoms with Crippen LogP contribution in [0.4, 0.5) is 0 Å². The Kier molecular flexibility index (Phi) is 4.37. The molecule has 112 valence electrons. The van der Waals surface area contributed by atoms with E-state index in [-0.39, 0.29) is 6.04 Å². The number of hydrogen-bond acceptors (Lipinski definition) is 5. The van der Waals surface area contributed by atoms with Gasteiger partial charge >= 0.3 is 0 Å². The molecule has 1 aliphatic rings. The first kappa shape index (κ1) is 14.7. The second kappa shape index (κ2) is 6.25. The molecular formula is C15H19BrN4O. The molecule has 0 amide bonds. The molecule has 2 heterocycles. The molecule has 1 aliphatic heterocycles. The van der Waals surface area contributed by atoms with Crippen molar-refractivity contribution in [1.29, 1.82) is 0 Å². The zero-order valence-corrected chi connectivity index (χ0v) is 13.9. The summed E-state index contributed by atoms with van der Waals surface area (Å²) in [6, 6.07) is 6.28. The highest BCUT2D eigenvalue weighted by Gasteiger charge is 2.23. The Morgan fingerprint density at radius 3 is 2.81 bits per heavy atom. The summed E-state index contributed by atoms with van der Waals surface area (Å²) in [4.78, 5) is 6.95. The highest BCUT2D eigenvalue weighted by atomic mass is 79.9. The molecule has 1 aromatic carbocycles. The van der Waals surface area contributed by atoms with Gasteiger partial charge in [-0.1, -0.05) is 11.2 Å². The maximum Gasteiger partial charge on any atom is 0.259 e. The molecule has 0 bridgehead atoms. The van der Waals surface area contributed by atoms with Crippen molar-refractivity contribution in [3.05, 3.63) is 34.1 Å². The fourth-order valence-corrected chi connectivity index (χ4v) is 3.20. The molecule has 3 rings (SSSR count). The van der Waals surface area contributed by atoms with Gasteiger partial charge in [0.15, 0.2) is 5.82 Å². The Morgan fingerprint density at radius 1 is 1.33 bits per heavy atom. The van der Waals surface area contributed by atoms with Crippen molar-refractivity contribution in [2.24, 2.45) is 0 Å². The van der Waals surface area contributed by atoms with Crippen LogP contribution in [0.5, 0.6) is 0 Å². The average Bonchev–Trinajstić information content (AvgIpc) is 2.97. The van der Waals surface area contributed by atoms with Crippen molar-refractivity contribution in [1.82, 2.24) is 20.4 Å². The number of rotatable bonds is 3. The third kappa shape index (κ3) is 3.17. The van der Waals surface area contributed by atoms with E-state index >= 15 is 0 Å². The highest BCUT2D eigenvalue weighted by molar-refractivity contribution is 9.10. The van der Waals surface area contributed by atoms with Crippen LogP contribution in [0.15, 0.2) is 27.2 Å². The van der Waals surface area contributed by atoms with Crippen LogP contribution < -0.4 is 5.32 Å². The maximum atomic E-state index is 5.45. The van der Waals surface area contributed by atoms with Gasteiger partial charge in [0.05, 0.1) is 11.6 Å². The van der Waals surface area contributed by atoms with Crippen LogP contribution in [0, 0.1) is 6.92 Å².